The van der Waals surface area contributed by atoms with E-state index in [1.54, 1.807) is 0 Å². The molecule has 1 aromatic rings. The molecular weight excluding hydrogens is 138 g/mol. The monoisotopic (exact) mass is 151 g/mol. The van der Waals surface area contributed by atoms with Crippen LogP contribution in [0.5, 0.6) is 0 Å². The van der Waals surface area contributed by atoms with Gasteiger partial charge in [-0.1, -0.05) is 0 Å². The summed E-state index contributed by atoms with van der Waals surface area (Å²) in [6.45, 7) is 2.28. The average molecular weight is 151 g/mol. The van der Waals surface area contributed by atoms with E-state index in [0.717, 1.165) is 13.1 Å². The Kier molecular flexibility index (Phi) is 1.90. The number of rotatable bonds is 1. The molecule has 0 bridgehead atoms. The Bertz CT molecular complexity index is 199. The number of hydrogen-bond donors (Lipinski definition) is 1. The number of piperidine rings is 1. The molecule has 1 aliphatic rings. The van der Waals surface area contributed by atoms with Gasteiger partial charge in [0.2, 0.25) is 0 Å². The lowest BCUT2D eigenvalue weighted by Crippen LogP contribution is -2.28. The van der Waals surface area contributed by atoms with Crippen molar-refractivity contribution in [3.63, 3.8) is 0 Å². The average Bonchev–Trinajstić information content (AvgIpc) is 2.58. The first-order valence-corrected chi connectivity index (χ1v) is 4.15. The normalized spacial score (nSPS) is 20.4. The van der Waals surface area contributed by atoms with Crippen LogP contribution in [0.1, 0.15) is 18.9 Å². The third kappa shape index (κ3) is 1.43. The molecule has 0 radical (unpaired) electrons. The minimum absolute atomic E-state index is 0.679. The SMILES string of the molecule is c1cn(C2CCNCC2)cn1. The summed E-state index contributed by atoms with van der Waals surface area (Å²) in [4.78, 5) is 4.04. The van der Waals surface area contributed by atoms with Crippen molar-refractivity contribution in [2.45, 2.75) is 18.9 Å². The first-order valence-electron chi connectivity index (χ1n) is 4.15. The van der Waals surface area contributed by atoms with Crippen LogP contribution in [0, 0.1) is 0 Å². The van der Waals surface area contributed by atoms with Crippen LogP contribution in [0.25, 0.3) is 0 Å². The molecule has 0 atom stereocenters. The van der Waals surface area contributed by atoms with Crippen molar-refractivity contribution < 1.29 is 0 Å². The Labute approximate surface area is 66.4 Å². The van der Waals surface area contributed by atoms with E-state index in [-0.39, 0.29) is 0 Å². The van der Waals surface area contributed by atoms with E-state index in [1.165, 1.54) is 12.8 Å². The third-order valence-electron chi connectivity index (χ3n) is 2.26. The van der Waals surface area contributed by atoms with E-state index < -0.39 is 0 Å². The predicted molar refractivity (Wildman–Crippen MR) is 43.4 cm³/mol. The van der Waals surface area contributed by atoms with Crippen molar-refractivity contribution >= 4 is 0 Å². The maximum absolute atomic E-state index is 4.04. The molecule has 2 heterocycles. The van der Waals surface area contributed by atoms with Gasteiger partial charge in [-0.3, -0.25) is 0 Å². The van der Waals surface area contributed by atoms with Crippen LogP contribution >= 0.6 is 0 Å². The number of aromatic nitrogens is 2. The quantitative estimate of drug-likeness (QED) is 0.643. The molecule has 0 unspecified atom stereocenters. The molecule has 0 amide bonds. The fourth-order valence-electron chi connectivity index (χ4n) is 1.59. The summed E-state index contributed by atoms with van der Waals surface area (Å²) < 4.78 is 2.21. The van der Waals surface area contributed by atoms with Crippen molar-refractivity contribution in [1.29, 1.82) is 0 Å². The highest BCUT2D eigenvalue weighted by Gasteiger charge is 2.12. The minimum atomic E-state index is 0.679. The molecule has 1 saturated heterocycles. The summed E-state index contributed by atoms with van der Waals surface area (Å²) in [5, 5.41) is 3.34. The molecule has 1 fully saturated rings. The topological polar surface area (TPSA) is 29.9 Å². The summed E-state index contributed by atoms with van der Waals surface area (Å²) in [6.07, 6.45) is 8.28. The van der Waals surface area contributed by atoms with E-state index in [4.69, 9.17) is 0 Å². The van der Waals surface area contributed by atoms with Crippen LogP contribution in [0.15, 0.2) is 18.7 Å². The van der Waals surface area contributed by atoms with E-state index in [1.807, 2.05) is 12.5 Å². The lowest BCUT2D eigenvalue weighted by Gasteiger charge is -2.23. The van der Waals surface area contributed by atoms with Gasteiger partial charge in [0.15, 0.2) is 0 Å². The van der Waals surface area contributed by atoms with Gasteiger partial charge in [0.25, 0.3) is 0 Å². The highest BCUT2D eigenvalue weighted by atomic mass is 15.1. The minimum Gasteiger partial charge on any atom is -0.334 e. The van der Waals surface area contributed by atoms with Gasteiger partial charge >= 0.3 is 0 Å². The van der Waals surface area contributed by atoms with Gasteiger partial charge in [-0.25, -0.2) is 4.98 Å². The number of nitrogens with one attached hydrogen (secondary N) is 1. The predicted octanol–water partition coefficient (Wildman–Crippen LogP) is 0.808. The zero-order valence-corrected chi connectivity index (χ0v) is 6.53. The van der Waals surface area contributed by atoms with Gasteiger partial charge in [-0.15, -0.1) is 0 Å². The van der Waals surface area contributed by atoms with Crippen LogP contribution in [0.3, 0.4) is 0 Å². The molecule has 0 spiro atoms. The third-order valence-corrected chi connectivity index (χ3v) is 2.26. The maximum Gasteiger partial charge on any atom is 0.0948 e. The molecule has 1 aliphatic heterocycles. The molecule has 1 N–H and O–H groups in total. The number of imidazole rings is 1. The highest BCUT2D eigenvalue weighted by Crippen LogP contribution is 2.16. The Morgan fingerprint density at radius 1 is 1.36 bits per heavy atom. The van der Waals surface area contributed by atoms with Gasteiger partial charge in [-0.05, 0) is 25.9 Å². The molecule has 0 saturated carbocycles. The smallest absolute Gasteiger partial charge is 0.0948 e. The Morgan fingerprint density at radius 3 is 2.82 bits per heavy atom. The van der Waals surface area contributed by atoms with E-state index in [0.29, 0.717) is 6.04 Å². The second kappa shape index (κ2) is 3.05. The zero-order valence-electron chi connectivity index (χ0n) is 6.53. The summed E-state index contributed by atoms with van der Waals surface area (Å²) in [6, 6.07) is 0.679. The van der Waals surface area contributed by atoms with Gasteiger partial charge in [0, 0.05) is 18.4 Å². The van der Waals surface area contributed by atoms with E-state index in [2.05, 4.69) is 21.1 Å². The Morgan fingerprint density at radius 2 is 2.18 bits per heavy atom. The standard InChI is InChI=1S/C8H13N3/c1-3-9-4-2-8(1)11-6-5-10-7-11/h5-9H,1-4H2. The lowest BCUT2D eigenvalue weighted by atomic mass is 10.1. The fraction of sp³-hybridized carbons (Fsp3) is 0.625. The molecule has 0 aliphatic carbocycles. The fourth-order valence-corrected chi connectivity index (χ4v) is 1.59. The van der Waals surface area contributed by atoms with E-state index >= 15 is 0 Å². The molecule has 3 heteroatoms. The second-order valence-electron chi connectivity index (χ2n) is 2.99. The van der Waals surface area contributed by atoms with Crippen molar-refractivity contribution in [2.75, 3.05) is 13.1 Å². The van der Waals surface area contributed by atoms with Crippen molar-refractivity contribution in [3.05, 3.63) is 18.7 Å². The molecule has 0 aromatic carbocycles. The van der Waals surface area contributed by atoms with Crippen LogP contribution in [-0.2, 0) is 0 Å². The summed E-state index contributed by atoms with van der Waals surface area (Å²) in [5.74, 6) is 0. The van der Waals surface area contributed by atoms with Crippen molar-refractivity contribution in [3.8, 4) is 0 Å². The van der Waals surface area contributed by atoms with Gasteiger partial charge in [-0.2, -0.15) is 0 Å². The Balaban J connectivity index is 2.04. The molecular formula is C8H13N3. The highest BCUT2D eigenvalue weighted by molar-refractivity contribution is 4.82. The molecule has 2 rings (SSSR count). The first-order chi connectivity index (χ1) is 5.47. The van der Waals surface area contributed by atoms with Crippen LogP contribution < -0.4 is 5.32 Å². The van der Waals surface area contributed by atoms with Crippen LogP contribution in [0.4, 0.5) is 0 Å². The van der Waals surface area contributed by atoms with Crippen molar-refractivity contribution in [1.82, 2.24) is 14.9 Å². The maximum atomic E-state index is 4.04. The summed E-state index contributed by atoms with van der Waals surface area (Å²) >= 11 is 0. The summed E-state index contributed by atoms with van der Waals surface area (Å²) in [5.41, 5.74) is 0. The zero-order chi connectivity index (χ0) is 7.52. The molecule has 60 valence electrons. The second-order valence-corrected chi connectivity index (χ2v) is 2.99. The number of hydrogen-bond acceptors (Lipinski definition) is 2. The van der Waals surface area contributed by atoms with Crippen LogP contribution in [0.2, 0.25) is 0 Å². The largest absolute Gasteiger partial charge is 0.334 e. The van der Waals surface area contributed by atoms with Crippen LogP contribution in [-0.4, -0.2) is 22.6 Å². The van der Waals surface area contributed by atoms with Gasteiger partial charge < -0.3 is 9.88 Å². The molecule has 3 nitrogen and oxygen atoms in total. The lowest BCUT2D eigenvalue weighted by molar-refractivity contribution is 0.368. The van der Waals surface area contributed by atoms with E-state index in [9.17, 15) is 0 Å². The molecule has 1 aromatic heterocycles. The van der Waals surface area contributed by atoms with Crippen molar-refractivity contribution in [2.24, 2.45) is 0 Å². The van der Waals surface area contributed by atoms with Gasteiger partial charge in [0.1, 0.15) is 0 Å². The Hall–Kier alpha value is -0.830. The number of nitrogens with zero attached hydrogens (tertiary/aromatic N) is 2. The summed E-state index contributed by atoms with van der Waals surface area (Å²) in [7, 11) is 0. The molecule has 11 heavy (non-hydrogen) atoms. The van der Waals surface area contributed by atoms with Gasteiger partial charge in [0.05, 0.1) is 6.33 Å². The first kappa shape index (κ1) is 6.85.